The zero-order chi connectivity index (χ0) is 14.3. The molecule has 2 N–H and O–H groups in total. The molecule has 0 bridgehead atoms. The van der Waals surface area contributed by atoms with Crippen LogP contribution in [0.25, 0.3) is 0 Å². The average Bonchev–Trinajstić information content (AvgIpc) is 2.39. The van der Waals surface area contributed by atoms with E-state index in [4.69, 9.17) is 28.3 Å². The van der Waals surface area contributed by atoms with Gasteiger partial charge in [-0.1, -0.05) is 36.2 Å². The number of halogens is 2. The van der Waals surface area contributed by atoms with Crippen LogP contribution in [-0.2, 0) is 11.2 Å². The quantitative estimate of drug-likeness (QED) is 0.761. The maximum absolute atomic E-state index is 11.8. The van der Waals surface area contributed by atoms with Crippen molar-refractivity contribution >= 4 is 29.1 Å². The fourth-order valence-electron chi connectivity index (χ4n) is 1.69. The number of nitrogens with one attached hydrogen (secondary N) is 1. The topological polar surface area (TPSA) is 49.3 Å². The Morgan fingerprint density at radius 3 is 2.58 bits per heavy atom. The lowest BCUT2D eigenvalue weighted by molar-refractivity contribution is -0.120. The van der Waals surface area contributed by atoms with Gasteiger partial charge in [0.1, 0.15) is 0 Å². The molecule has 106 valence electrons. The Balaban J connectivity index is 2.35. The van der Waals surface area contributed by atoms with E-state index in [0.717, 1.165) is 12.8 Å². The number of carbonyl (C=O) groups excluding carboxylic acids is 1. The molecule has 1 unspecified atom stereocenters. The highest BCUT2D eigenvalue weighted by Gasteiger charge is 2.10. The van der Waals surface area contributed by atoms with E-state index in [2.05, 4.69) is 5.32 Å². The second kappa shape index (κ2) is 8.41. The van der Waals surface area contributed by atoms with Crippen LogP contribution < -0.4 is 5.32 Å². The third kappa shape index (κ3) is 5.81. The van der Waals surface area contributed by atoms with Crippen LogP contribution >= 0.6 is 23.2 Å². The van der Waals surface area contributed by atoms with Crippen LogP contribution in [0.2, 0.25) is 10.0 Å². The van der Waals surface area contributed by atoms with Gasteiger partial charge in [-0.05, 0) is 36.5 Å². The molecule has 0 radical (unpaired) electrons. The normalized spacial score (nSPS) is 12.2. The molecular weight excluding hydrogens is 285 g/mol. The van der Waals surface area contributed by atoms with Crippen LogP contribution in [0.3, 0.4) is 0 Å². The SMILES string of the molecule is CC(CO)CCCNC(=O)Cc1c(Cl)cccc1Cl. The lowest BCUT2D eigenvalue weighted by atomic mass is 10.1. The van der Waals surface area contributed by atoms with Crippen molar-refractivity contribution in [3.05, 3.63) is 33.8 Å². The van der Waals surface area contributed by atoms with Gasteiger partial charge >= 0.3 is 0 Å². The number of hydrogen-bond acceptors (Lipinski definition) is 2. The standard InChI is InChI=1S/C14H19Cl2NO2/c1-10(9-18)4-3-7-17-14(19)8-11-12(15)5-2-6-13(11)16/h2,5-6,10,18H,3-4,7-9H2,1H3,(H,17,19). The zero-order valence-electron chi connectivity index (χ0n) is 11.0. The van der Waals surface area contributed by atoms with Crippen LogP contribution in [-0.4, -0.2) is 24.2 Å². The lowest BCUT2D eigenvalue weighted by Gasteiger charge is -2.10. The molecule has 0 saturated carbocycles. The molecule has 0 aliphatic carbocycles. The van der Waals surface area contributed by atoms with Gasteiger partial charge in [-0.15, -0.1) is 0 Å². The molecule has 0 aromatic heterocycles. The fourth-order valence-corrected chi connectivity index (χ4v) is 2.22. The molecule has 1 atom stereocenters. The van der Waals surface area contributed by atoms with Gasteiger partial charge in [-0.2, -0.15) is 0 Å². The van der Waals surface area contributed by atoms with Crippen molar-refractivity contribution in [1.82, 2.24) is 5.32 Å². The number of amides is 1. The Morgan fingerprint density at radius 1 is 1.37 bits per heavy atom. The monoisotopic (exact) mass is 303 g/mol. The van der Waals surface area contributed by atoms with E-state index in [-0.39, 0.29) is 24.9 Å². The number of carbonyl (C=O) groups is 1. The van der Waals surface area contributed by atoms with Crippen molar-refractivity contribution in [2.24, 2.45) is 5.92 Å². The first-order valence-electron chi connectivity index (χ1n) is 6.35. The molecule has 19 heavy (non-hydrogen) atoms. The largest absolute Gasteiger partial charge is 0.396 e. The van der Waals surface area contributed by atoms with Gasteiger partial charge in [0, 0.05) is 23.2 Å². The van der Waals surface area contributed by atoms with Crippen LogP contribution in [0, 0.1) is 5.92 Å². The van der Waals surface area contributed by atoms with Crippen LogP contribution in [0.1, 0.15) is 25.3 Å². The summed E-state index contributed by atoms with van der Waals surface area (Å²) in [5.41, 5.74) is 0.659. The summed E-state index contributed by atoms with van der Waals surface area (Å²) in [6, 6.07) is 5.19. The average molecular weight is 304 g/mol. The van der Waals surface area contributed by atoms with E-state index in [1.54, 1.807) is 18.2 Å². The van der Waals surface area contributed by atoms with E-state index in [1.807, 2.05) is 6.92 Å². The van der Waals surface area contributed by atoms with Gasteiger partial charge in [0.15, 0.2) is 0 Å². The fraction of sp³-hybridized carbons (Fsp3) is 0.500. The molecule has 0 spiro atoms. The first-order chi connectivity index (χ1) is 9.04. The molecule has 0 fully saturated rings. The summed E-state index contributed by atoms with van der Waals surface area (Å²) >= 11 is 12.0. The van der Waals surface area contributed by atoms with Crippen molar-refractivity contribution < 1.29 is 9.90 Å². The summed E-state index contributed by atoms with van der Waals surface area (Å²) in [6.07, 6.45) is 1.93. The third-order valence-electron chi connectivity index (χ3n) is 2.91. The second-order valence-corrected chi connectivity index (χ2v) is 5.47. The number of rotatable bonds is 7. The summed E-state index contributed by atoms with van der Waals surface area (Å²) in [4.78, 5) is 11.8. The zero-order valence-corrected chi connectivity index (χ0v) is 12.5. The highest BCUT2D eigenvalue weighted by Crippen LogP contribution is 2.24. The summed E-state index contributed by atoms with van der Waals surface area (Å²) in [5, 5.41) is 12.7. The Bertz CT molecular complexity index is 404. The van der Waals surface area contributed by atoms with Gasteiger partial charge < -0.3 is 10.4 Å². The smallest absolute Gasteiger partial charge is 0.224 e. The van der Waals surface area contributed by atoms with Crippen molar-refractivity contribution in [2.45, 2.75) is 26.2 Å². The predicted molar refractivity (Wildman–Crippen MR) is 78.7 cm³/mol. The molecule has 1 amide bonds. The molecule has 0 saturated heterocycles. The first-order valence-corrected chi connectivity index (χ1v) is 7.10. The molecular formula is C14H19Cl2NO2. The Hall–Kier alpha value is -0.770. The molecule has 0 aliphatic heterocycles. The van der Waals surface area contributed by atoms with E-state index in [9.17, 15) is 4.79 Å². The number of hydrogen-bond donors (Lipinski definition) is 2. The highest BCUT2D eigenvalue weighted by molar-refractivity contribution is 6.36. The number of benzene rings is 1. The van der Waals surface area contributed by atoms with Crippen molar-refractivity contribution in [2.75, 3.05) is 13.2 Å². The number of aliphatic hydroxyl groups is 1. The summed E-state index contributed by atoms with van der Waals surface area (Å²) in [7, 11) is 0. The van der Waals surface area contributed by atoms with Gasteiger partial charge in [0.05, 0.1) is 6.42 Å². The first kappa shape index (κ1) is 16.3. The van der Waals surface area contributed by atoms with E-state index in [1.165, 1.54) is 0 Å². The van der Waals surface area contributed by atoms with Gasteiger partial charge in [-0.25, -0.2) is 0 Å². The third-order valence-corrected chi connectivity index (χ3v) is 3.61. The maximum Gasteiger partial charge on any atom is 0.224 e. The second-order valence-electron chi connectivity index (χ2n) is 4.66. The Morgan fingerprint density at radius 2 is 2.00 bits per heavy atom. The molecule has 1 rings (SSSR count). The van der Waals surface area contributed by atoms with Crippen molar-refractivity contribution in [3.8, 4) is 0 Å². The van der Waals surface area contributed by atoms with Crippen molar-refractivity contribution in [3.63, 3.8) is 0 Å². The maximum atomic E-state index is 11.8. The molecule has 1 aromatic rings. The molecule has 1 aromatic carbocycles. The summed E-state index contributed by atoms with van der Waals surface area (Å²) < 4.78 is 0. The Labute approximate surface area is 123 Å². The van der Waals surface area contributed by atoms with Gasteiger partial charge in [0.25, 0.3) is 0 Å². The van der Waals surface area contributed by atoms with Gasteiger partial charge in [-0.3, -0.25) is 4.79 Å². The minimum Gasteiger partial charge on any atom is -0.396 e. The van der Waals surface area contributed by atoms with E-state index < -0.39 is 0 Å². The summed E-state index contributed by atoms with van der Waals surface area (Å²) in [6.45, 7) is 2.76. The summed E-state index contributed by atoms with van der Waals surface area (Å²) in [5.74, 6) is 0.182. The minimum atomic E-state index is -0.0911. The number of aliphatic hydroxyl groups excluding tert-OH is 1. The highest BCUT2D eigenvalue weighted by atomic mass is 35.5. The lowest BCUT2D eigenvalue weighted by Crippen LogP contribution is -2.26. The predicted octanol–water partition coefficient (Wildman–Crippen LogP) is 3.06. The van der Waals surface area contributed by atoms with Crippen LogP contribution in [0.4, 0.5) is 0 Å². The minimum absolute atomic E-state index is 0.0911. The van der Waals surface area contributed by atoms with Crippen LogP contribution in [0.15, 0.2) is 18.2 Å². The van der Waals surface area contributed by atoms with E-state index >= 15 is 0 Å². The van der Waals surface area contributed by atoms with Gasteiger partial charge in [0.2, 0.25) is 5.91 Å². The van der Waals surface area contributed by atoms with E-state index in [0.29, 0.717) is 22.2 Å². The van der Waals surface area contributed by atoms with Crippen LogP contribution in [0.5, 0.6) is 0 Å². The molecule has 0 heterocycles. The molecule has 0 aliphatic rings. The Kier molecular flexibility index (Phi) is 7.21. The molecule has 3 nitrogen and oxygen atoms in total. The van der Waals surface area contributed by atoms with Crippen molar-refractivity contribution in [1.29, 1.82) is 0 Å². The molecule has 5 heteroatoms.